The number of rotatable bonds is 4. The molecule has 2 heterocycles. The van der Waals surface area contributed by atoms with Crippen molar-refractivity contribution in [2.45, 2.75) is 12.9 Å². The van der Waals surface area contributed by atoms with Gasteiger partial charge in [-0.1, -0.05) is 12.1 Å². The Morgan fingerprint density at radius 1 is 1.07 bits per heavy atom. The molecule has 2 N–H and O–H groups in total. The second-order valence-electron chi connectivity index (χ2n) is 6.05. The number of amides is 1. The second-order valence-corrected chi connectivity index (χ2v) is 6.05. The normalized spacial score (nSPS) is 15.6. The highest BCUT2D eigenvalue weighted by atomic mass is 19.4. The molecule has 0 unspecified atom stereocenters. The molecule has 1 aliphatic rings. The summed E-state index contributed by atoms with van der Waals surface area (Å²) in [6, 6.07) is 5.77. The molecule has 1 amide bonds. The van der Waals surface area contributed by atoms with E-state index in [-0.39, 0.29) is 23.2 Å². The molecule has 0 bridgehead atoms. The number of benzene rings is 1. The number of nitrogen functional groups attached to an aromatic ring is 1. The third kappa shape index (κ3) is 5.07. The van der Waals surface area contributed by atoms with Gasteiger partial charge in [-0.15, -0.1) is 13.2 Å². The van der Waals surface area contributed by atoms with Crippen LogP contribution in [-0.2, 0) is 6.54 Å². The van der Waals surface area contributed by atoms with Crippen molar-refractivity contribution < 1.29 is 22.7 Å². The van der Waals surface area contributed by atoms with Gasteiger partial charge in [-0.05, 0) is 17.7 Å². The number of carbonyl (C=O) groups is 1. The zero-order valence-corrected chi connectivity index (χ0v) is 14.3. The van der Waals surface area contributed by atoms with Crippen molar-refractivity contribution in [3.8, 4) is 5.75 Å². The largest absolute Gasteiger partial charge is 0.573 e. The average Bonchev–Trinajstić information content (AvgIpc) is 2.63. The molecule has 27 heavy (non-hydrogen) atoms. The van der Waals surface area contributed by atoms with Crippen LogP contribution in [0.5, 0.6) is 5.75 Å². The van der Waals surface area contributed by atoms with E-state index in [2.05, 4.69) is 19.6 Å². The molecular formula is C17H18F3N5O2. The molecule has 10 heteroatoms. The summed E-state index contributed by atoms with van der Waals surface area (Å²) in [5.41, 5.74) is 6.70. The maximum Gasteiger partial charge on any atom is 0.573 e. The van der Waals surface area contributed by atoms with Gasteiger partial charge in [-0.2, -0.15) is 0 Å². The Morgan fingerprint density at radius 2 is 1.70 bits per heavy atom. The SMILES string of the molecule is Nc1nccnc1C(=O)N1CCN(Cc2ccc(OC(F)(F)F)cc2)CC1. The third-order valence-electron chi connectivity index (χ3n) is 4.15. The lowest BCUT2D eigenvalue weighted by molar-refractivity contribution is -0.274. The highest BCUT2D eigenvalue weighted by Gasteiger charge is 2.31. The standard InChI is InChI=1S/C17H18F3N5O2/c18-17(19,20)27-13-3-1-12(2-4-13)11-24-7-9-25(10-8-24)16(26)14-15(21)23-6-5-22-14/h1-6H,7-11H2,(H2,21,23). The lowest BCUT2D eigenvalue weighted by Gasteiger charge is -2.34. The molecule has 0 spiro atoms. The number of ether oxygens (including phenoxy) is 1. The summed E-state index contributed by atoms with van der Waals surface area (Å²) in [6.45, 7) is 2.84. The van der Waals surface area contributed by atoms with Gasteiger partial charge in [0.25, 0.3) is 5.91 Å². The fourth-order valence-electron chi connectivity index (χ4n) is 2.83. The van der Waals surface area contributed by atoms with Gasteiger partial charge < -0.3 is 15.4 Å². The van der Waals surface area contributed by atoms with E-state index in [0.717, 1.165) is 5.56 Å². The van der Waals surface area contributed by atoms with Crippen molar-refractivity contribution in [2.75, 3.05) is 31.9 Å². The number of alkyl halides is 3. The molecule has 1 aromatic heterocycles. The summed E-state index contributed by atoms with van der Waals surface area (Å²) in [7, 11) is 0. The predicted molar refractivity (Wildman–Crippen MR) is 90.7 cm³/mol. The summed E-state index contributed by atoms with van der Waals surface area (Å²) < 4.78 is 40.4. The van der Waals surface area contributed by atoms with E-state index in [1.807, 2.05) is 0 Å². The molecule has 0 saturated carbocycles. The molecular weight excluding hydrogens is 363 g/mol. The monoisotopic (exact) mass is 381 g/mol. The maximum absolute atomic E-state index is 12.5. The van der Waals surface area contributed by atoms with Gasteiger partial charge in [0.05, 0.1) is 0 Å². The van der Waals surface area contributed by atoms with Gasteiger partial charge in [0.1, 0.15) is 5.75 Å². The van der Waals surface area contributed by atoms with Crippen LogP contribution in [0.3, 0.4) is 0 Å². The molecule has 1 fully saturated rings. The number of nitrogens with two attached hydrogens (primary N) is 1. The summed E-state index contributed by atoms with van der Waals surface area (Å²) in [6.07, 6.45) is -1.85. The minimum absolute atomic E-state index is 0.103. The zero-order chi connectivity index (χ0) is 19.4. The van der Waals surface area contributed by atoms with E-state index in [1.54, 1.807) is 17.0 Å². The Hall–Kier alpha value is -2.88. The smallest absolute Gasteiger partial charge is 0.406 e. The minimum atomic E-state index is -4.70. The van der Waals surface area contributed by atoms with Crippen LogP contribution in [0, 0.1) is 0 Å². The van der Waals surface area contributed by atoms with Crippen LogP contribution < -0.4 is 10.5 Å². The molecule has 0 radical (unpaired) electrons. The number of anilines is 1. The van der Waals surface area contributed by atoms with Crippen molar-refractivity contribution >= 4 is 11.7 Å². The number of hydrogen-bond acceptors (Lipinski definition) is 6. The first-order valence-corrected chi connectivity index (χ1v) is 8.24. The van der Waals surface area contributed by atoms with E-state index in [0.29, 0.717) is 32.7 Å². The predicted octanol–water partition coefficient (Wildman–Crippen LogP) is 1.92. The van der Waals surface area contributed by atoms with Gasteiger partial charge in [0, 0.05) is 45.1 Å². The number of halogens is 3. The van der Waals surface area contributed by atoms with Crippen LogP contribution >= 0.6 is 0 Å². The fourth-order valence-corrected chi connectivity index (χ4v) is 2.83. The van der Waals surface area contributed by atoms with Crippen LogP contribution in [0.25, 0.3) is 0 Å². The summed E-state index contributed by atoms with van der Waals surface area (Å²) in [5, 5.41) is 0. The Morgan fingerprint density at radius 3 is 2.30 bits per heavy atom. The van der Waals surface area contributed by atoms with Crippen LogP contribution in [0.2, 0.25) is 0 Å². The molecule has 3 rings (SSSR count). The van der Waals surface area contributed by atoms with Crippen molar-refractivity contribution in [1.29, 1.82) is 0 Å². The number of piperazine rings is 1. The number of aromatic nitrogens is 2. The lowest BCUT2D eigenvalue weighted by atomic mass is 10.2. The van der Waals surface area contributed by atoms with Crippen molar-refractivity contribution in [3.05, 3.63) is 47.9 Å². The number of hydrogen-bond donors (Lipinski definition) is 1. The molecule has 1 aliphatic heterocycles. The number of carbonyl (C=O) groups excluding carboxylic acids is 1. The Bertz CT molecular complexity index is 790. The first-order valence-electron chi connectivity index (χ1n) is 8.24. The molecule has 0 atom stereocenters. The van der Waals surface area contributed by atoms with Crippen molar-refractivity contribution in [3.63, 3.8) is 0 Å². The third-order valence-corrected chi connectivity index (χ3v) is 4.15. The topological polar surface area (TPSA) is 84.6 Å². The quantitative estimate of drug-likeness (QED) is 0.871. The van der Waals surface area contributed by atoms with Crippen LogP contribution in [-0.4, -0.2) is 58.2 Å². The van der Waals surface area contributed by atoms with Crippen LogP contribution in [0.15, 0.2) is 36.7 Å². The van der Waals surface area contributed by atoms with Crippen LogP contribution in [0.1, 0.15) is 16.1 Å². The minimum Gasteiger partial charge on any atom is -0.406 e. The highest BCUT2D eigenvalue weighted by Crippen LogP contribution is 2.23. The van der Waals surface area contributed by atoms with E-state index in [9.17, 15) is 18.0 Å². The molecule has 1 saturated heterocycles. The summed E-state index contributed by atoms with van der Waals surface area (Å²) in [5.74, 6) is -0.400. The summed E-state index contributed by atoms with van der Waals surface area (Å²) in [4.78, 5) is 24.1. The molecule has 1 aromatic carbocycles. The van der Waals surface area contributed by atoms with Crippen LogP contribution in [0.4, 0.5) is 19.0 Å². The molecule has 0 aliphatic carbocycles. The van der Waals surface area contributed by atoms with Gasteiger partial charge in [-0.3, -0.25) is 9.69 Å². The van der Waals surface area contributed by atoms with E-state index >= 15 is 0 Å². The van der Waals surface area contributed by atoms with Gasteiger partial charge in [0.2, 0.25) is 0 Å². The van der Waals surface area contributed by atoms with E-state index in [4.69, 9.17) is 5.73 Å². The molecule has 7 nitrogen and oxygen atoms in total. The lowest BCUT2D eigenvalue weighted by Crippen LogP contribution is -2.48. The number of nitrogens with zero attached hydrogens (tertiary/aromatic N) is 4. The van der Waals surface area contributed by atoms with E-state index < -0.39 is 6.36 Å². The highest BCUT2D eigenvalue weighted by molar-refractivity contribution is 5.96. The Labute approximate surface area is 153 Å². The van der Waals surface area contributed by atoms with Gasteiger partial charge in [0.15, 0.2) is 11.5 Å². The fraction of sp³-hybridized carbons (Fsp3) is 0.353. The molecule has 2 aromatic rings. The second kappa shape index (κ2) is 7.78. The van der Waals surface area contributed by atoms with E-state index in [1.165, 1.54) is 24.5 Å². The van der Waals surface area contributed by atoms with Crippen molar-refractivity contribution in [2.24, 2.45) is 0 Å². The first-order chi connectivity index (χ1) is 12.8. The Balaban J connectivity index is 1.52. The average molecular weight is 381 g/mol. The first kappa shape index (κ1) is 18.9. The summed E-state index contributed by atoms with van der Waals surface area (Å²) >= 11 is 0. The van der Waals surface area contributed by atoms with Crippen molar-refractivity contribution in [1.82, 2.24) is 19.8 Å². The van der Waals surface area contributed by atoms with Gasteiger partial charge >= 0.3 is 6.36 Å². The van der Waals surface area contributed by atoms with Gasteiger partial charge in [-0.25, -0.2) is 9.97 Å². The maximum atomic E-state index is 12.5. The Kier molecular flexibility index (Phi) is 5.45. The molecule has 144 valence electrons. The zero-order valence-electron chi connectivity index (χ0n) is 14.3.